The molecule has 1 atom stereocenters. The highest BCUT2D eigenvalue weighted by Gasteiger charge is 2.32. The first-order chi connectivity index (χ1) is 7.24. The summed E-state index contributed by atoms with van der Waals surface area (Å²) in [5.41, 5.74) is 0.948. The van der Waals surface area contributed by atoms with Gasteiger partial charge >= 0.3 is 0 Å². The van der Waals surface area contributed by atoms with Crippen molar-refractivity contribution >= 4 is 15.9 Å². The summed E-state index contributed by atoms with van der Waals surface area (Å²) in [7, 11) is 0. The molecule has 0 bridgehead atoms. The monoisotopic (exact) mass is 270 g/mol. The molecule has 1 aliphatic heterocycles. The van der Waals surface area contributed by atoms with Gasteiger partial charge in [0.15, 0.2) is 0 Å². The predicted molar refractivity (Wildman–Crippen MR) is 63.3 cm³/mol. The van der Waals surface area contributed by atoms with Crippen LogP contribution in [0.1, 0.15) is 12.5 Å². The second kappa shape index (κ2) is 4.64. The molecule has 0 radical (unpaired) electrons. The maximum atomic E-state index is 6.04. The fraction of sp³-hybridized carbons (Fsp3) is 0.500. The van der Waals surface area contributed by atoms with Gasteiger partial charge in [-0.15, -0.1) is 0 Å². The van der Waals surface area contributed by atoms with Crippen LogP contribution in [0, 0.1) is 0 Å². The van der Waals surface area contributed by atoms with Crippen molar-refractivity contribution in [2.75, 3.05) is 18.5 Å². The lowest BCUT2D eigenvalue weighted by atomic mass is 9.97. The number of ether oxygens (including phenoxy) is 2. The highest BCUT2D eigenvalue weighted by Crippen LogP contribution is 2.30. The van der Waals surface area contributed by atoms with Crippen LogP contribution in [0.3, 0.4) is 0 Å². The average Bonchev–Trinajstić information content (AvgIpc) is 2.24. The van der Waals surface area contributed by atoms with Crippen LogP contribution in [-0.4, -0.2) is 24.6 Å². The maximum Gasteiger partial charge on any atom is 0.105 e. The SMILES string of the molecule is CC(CBr)(OC1COC1)c1ccccc1. The van der Waals surface area contributed by atoms with Crippen molar-refractivity contribution in [2.24, 2.45) is 0 Å². The Kier molecular flexibility index (Phi) is 3.44. The Bertz CT molecular complexity index is 311. The molecule has 1 aromatic rings. The minimum atomic E-state index is -0.254. The number of hydrogen-bond acceptors (Lipinski definition) is 2. The molecular weight excluding hydrogens is 256 g/mol. The third kappa shape index (κ3) is 2.41. The minimum Gasteiger partial charge on any atom is -0.376 e. The Morgan fingerprint density at radius 1 is 1.40 bits per heavy atom. The van der Waals surface area contributed by atoms with Gasteiger partial charge < -0.3 is 9.47 Å². The zero-order valence-electron chi connectivity index (χ0n) is 8.78. The van der Waals surface area contributed by atoms with E-state index in [-0.39, 0.29) is 11.7 Å². The zero-order valence-corrected chi connectivity index (χ0v) is 10.4. The second-order valence-electron chi connectivity index (χ2n) is 4.01. The Morgan fingerprint density at radius 3 is 2.53 bits per heavy atom. The van der Waals surface area contributed by atoms with Gasteiger partial charge in [-0.05, 0) is 12.5 Å². The van der Waals surface area contributed by atoms with E-state index < -0.39 is 0 Å². The van der Waals surface area contributed by atoms with Crippen LogP contribution in [0.4, 0.5) is 0 Å². The predicted octanol–water partition coefficient (Wildman–Crippen LogP) is 2.71. The molecule has 15 heavy (non-hydrogen) atoms. The van der Waals surface area contributed by atoms with Crippen molar-refractivity contribution in [3.05, 3.63) is 35.9 Å². The summed E-state index contributed by atoms with van der Waals surface area (Å²) in [5, 5.41) is 0.792. The molecule has 0 saturated carbocycles. The maximum absolute atomic E-state index is 6.04. The van der Waals surface area contributed by atoms with E-state index in [1.807, 2.05) is 18.2 Å². The lowest BCUT2D eigenvalue weighted by Gasteiger charge is -2.37. The smallest absolute Gasteiger partial charge is 0.105 e. The van der Waals surface area contributed by atoms with Crippen LogP contribution < -0.4 is 0 Å². The van der Waals surface area contributed by atoms with Crippen LogP contribution in [0.2, 0.25) is 0 Å². The number of hydrogen-bond donors (Lipinski definition) is 0. The third-order valence-electron chi connectivity index (χ3n) is 2.67. The molecule has 1 aliphatic rings. The number of benzene rings is 1. The third-order valence-corrected chi connectivity index (χ3v) is 3.74. The molecular formula is C12H15BrO2. The molecule has 82 valence electrons. The number of rotatable bonds is 4. The number of halogens is 1. The standard InChI is InChI=1S/C12H15BrO2/c1-12(9-13,15-11-7-14-8-11)10-5-3-2-4-6-10/h2-6,11H,7-9H2,1H3. The van der Waals surface area contributed by atoms with Crippen molar-refractivity contribution in [3.8, 4) is 0 Å². The molecule has 1 saturated heterocycles. The first kappa shape index (κ1) is 11.1. The highest BCUT2D eigenvalue weighted by atomic mass is 79.9. The lowest BCUT2D eigenvalue weighted by molar-refractivity contribution is -0.183. The summed E-state index contributed by atoms with van der Waals surface area (Å²) < 4.78 is 11.2. The molecule has 3 heteroatoms. The van der Waals surface area contributed by atoms with Crippen LogP contribution in [0.15, 0.2) is 30.3 Å². The highest BCUT2D eigenvalue weighted by molar-refractivity contribution is 9.09. The fourth-order valence-electron chi connectivity index (χ4n) is 1.62. The quantitative estimate of drug-likeness (QED) is 0.784. The second-order valence-corrected chi connectivity index (χ2v) is 4.57. The van der Waals surface area contributed by atoms with Gasteiger partial charge in [0.05, 0.1) is 13.2 Å². The van der Waals surface area contributed by atoms with Crippen LogP contribution in [0.5, 0.6) is 0 Å². The van der Waals surface area contributed by atoms with Gasteiger partial charge in [-0.2, -0.15) is 0 Å². The molecule has 2 nitrogen and oxygen atoms in total. The van der Waals surface area contributed by atoms with Gasteiger partial charge in [0.25, 0.3) is 0 Å². The summed E-state index contributed by atoms with van der Waals surface area (Å²) >= 11 is 3.52. The van der Waals surface area contributed by atoms with Gasteiger partial charge in [-0.25, -0.2) is 0 Å². The Hall–Kier alpha value is -0.380. The number of alkyl halides is 1. The van der Waals surface area contributed by atoms with Crippen molar-refractivity contribution in [1.29, 1.82) is 0 Å². The van der Waals surface area contributed by atoms with Gasteiger partial charge in [0.1, 0.15) is 11.7 Å². The first-order valence-corrected chi connectivity index (χ1v) is 6.24. The topological polar surface area (TPSA) is 18.5 Å². The van der Waals surface area contributed by atoms with Crippen molar-refractivity contribution < 1.29 is 9.47 Å². The minimum absolute atomic E-state index is 0.243. The van der Waals surface area contributed by atoms with E-state index in [0.717, 1.165) is 18.5 Å². The largest absolute Gasteiger partial charge is 0.376 e. The van der Waals surface area contributed by atoms with E-state index in [1.54, 1.807) is 0 Å². The summed E-state index contributed by atoms with van der Waals surface area (Å²) in [6.45, 7) is 3.54. The van der Waals surface area contributed by atoms with Crippen molar-refractivity contribution in [1.82, 2.24) is 0 Å². The molecule has 1 fully saturated rings. The molecule has 0 aromatic heterocycles. The van der Waals surface area contributed by atoms with E-state index in [0.29, 0.717) is 0 Å². The van der Waals surface area contributed by atoms with E-state index in [1.165, 1.54) is 5.56 Å². The Balaban J connectivity index is 2.12. The van der Waals surface area contributed by atoms with Crippen LogP contribution >= 0.6 is 15.9 Å². The van der Waals surface area contributed by atoms with Crippen molar-refractivity contribution in [3.63, 3.8) is 0 Å². The molecule has 1 unspecified atom stereocenters. The molecule has 0 aliphatic carbocycles. The molecule has 0 N–H and O–H groups in total. The first-order valence-electron chi connectivity index (χ1n) is 5.12. The van der Waals surface area contributed by atoms with E-state index in [2.05, 4.69) is 35.0 Å². The molecule has 2 rings (SSSR count). The van der Waals surface area contributed by atoms with Gasteiger partial charge in [-0.1, -0.05) is 46.3 Å². The fourth-order valence-corrected chi connectivity index (χ4v) is 2.07. The molecule has 0 amide bonds. The van der Waals surface area contributed by atoms with Gasteiger partial charge in [-0.3, -0.25) is 0 Å². The summed E-state index contributed by atoms with van der Waals surface area (Å²) in [6.07, 6.45) is 0.243. The van der Waals surface area contributed by atoms with E-state index in [4.69, 9.17) is 9.47 Å². The van der Waals surface area contributed by atoms with Crippen molar-refractivity contribution in [2.45, 2.75) is 18.6 Å². The molecule has 1 heterocycles. The van der Waals surface area contributed by atoms with Gasteiger partial charge in [0.2, 0.25) is 0 Å². The summed E-state index contributed by atoms with van der Waals surface area (Å²) in [4.78, 5) is 0. The van der Waals surface area contributed by atoms with Gasteiger partial charge in [0, 0.05) is 5.33 Å². The normalized spacial score (nSPS) is 20.7. The average molecular weight is 271 g/mol. The Labute approximate surface area is 98.7 Å². The van der Waals surface area contributed by atoms with E-state index in [9.17, 15) is 0 Å². The summed E-state index contributed by atoms with van der Waals surface area (Å²) in [6, 6.07) is 10.3. The van der Waals surface area contributed by atoms with Crippen LogP contribution in [0.25, 0.3) is 0 Å². The zero-order chi connectivity index (χ0) is 10.7. The van der Waals surface area contributed by atoms with Crippen LogP contribution in [-0.2, 0) is 15.1 Å². The summed E-state index contributed by atoms with van der Waals surface area (Å²) in [5.74, 6) is 0. The lowest BCUT2D eigenvalue weighted by Crippen LogP contribution is -2.43. The Morgan fingerprint density at radius 2 is 2.07 bits per heavy atom. The molecule has 1 aromatic carbocycles. The van der Waals surface area contributed by atoms with E-state index >= 15 is 0 Å². The molecule has 0 spiro atoms.